The van der Waals surface area contributed by atoms with Crippen LogP contribution in [-0.4, -0.2) is 55.4 Å². The Morgan fingerprint density at radius 2 is 1.93 bits per heavy atom. The summed E-state index contributed by atoms with van der Waals surface area (Å²) in [6, 6.07) is 1.75. The lowest BCUT2D eigenvalue weighted by Crippen LogP contribution is -2.46. The van der Waals surface area contributed by atoms with Gasteiger partial charge in [0.15, 0.2) is 5.82 Å². The summed E-state index contributed by atoms with van der Waals surface area (Å²) in [5, 5.41) is 3.05. The van der Waals surface area contributed by atoms with Crippen molar-refractivity contribution < 1.29 is 14.3 Å². The summed E-state index contributed by atoms with van der Waals surface area (Å²) in [4.78, 5) is 43.6. The molecule has 2 aliphatic heterocycles. The van der Waals surface area contributed by atoms with Gasteiger partial charge in [0.2, 0.25) is 11.9 Å². The number of ether oxygens (including phenoxy) is 1. The number of carbonyl (C=O) groups excluding carboxylic acids is 2. The van der Waals surface area contributed by atoms with Gasteiger partial charge >= 0.3 is 5.97 Å². The maximum atomic E-state index is 12.9. The third kappa shape index (κ3) is 4.18. The summed E-state index contributed by atoms with van der Waals surface area (Å²) in [5.74, 6) is 0.572. The van der Waals surface area contributed by atoms with Gasteiger partial charge in [-0.1, -0.05) is 0 Å². The topological polar surface area (TPSA) is 110 Å². The van der Waals surface area contributed by atoms with Gasteiger partial charge in [0.05, 0.1) is 24.2 Å². The van der Waals surface area contributed by atoms with E-state index >= 15 is 0 Å². The van der Waals surface area contributed by atoms with E-state index in [2.05, 4.69) is 25.3 Å². The summed E-state index contributed by atoms with van der Waals surface area (Å²) in [6.45, 7) is 4.87. The first kappa shape index (κ1) is 19.2. The van der Waals surface area contributed by atoms with Gasteiger partial charge in [-0.25, -0.2) is 15.0 Å². The van der Waals surface area contributed by atoms with Crippen LogP contribution in [-0.2, 0) is 14.3 Å². The van der Waals surface area contributed by atoms with Crippen molar-refractivity contribution in [3.05, 3.63) is 36.5 Å². The molecule has 1 unspecified atom stereocenters. The van der Waals surface area contributed by atoms with E-state index in [1.165, 1.54) is 0 Å². The third-order valence-electron chi connectivity index (χ3n) is 5.57. The van der Waals surface area contributed by atoms with E-state index in [1.54, 1.807) is 44.7 Å². The molecule has 152 valence electrons. The predicted octanol–water partition coefficient (Wildman–Crippen LogP) is 2.06. The summed E-state index contributed by atoms with van der Waals surface area (Å²) in [7, 11) is 0. The van der Waals surface area contributed by atoms with E-state index in [9.17, 15) is 9.59 Å². The molecule has 1 atom stereocenters. The fraction of sp³-hybridized carbons (Fsp3) is 0.500. The maximum Gasteiger partial charge on any atom is 0.307 e. The first-order valence-electron chi connectivity index (χ1n) is 9.79. The molecule has 9 heteroatoms. The molecule has 2 fully saturated rings. The molecule has 0 radical (unpaired) electrons. The third-order valence-corrected chi connectivity index (χ3v) is 5.57. The molecular weight excluding hydrogens is 372 g/mol. The zero-order valence-electron chi connectivity index (χ0n) is 16.5. The van der Waals surface area contributed by atoms with Crippen LogP contribution in [0, 0.1) is 5.92 Å². The highest BCUT2D eigenvalue weighted by atomic mass is 16.6. The summed E-state index contributed by atoms with van der Waals surface area (Å²) in [5.41, 5.74) is 0.147. The van der Waals surface area contributed by atoms with Crippen LogP contribution in [0.15, 0.2) is 30.9 Å². The van der Waals surface area contributed by atoms with Crippen molar-refractivity contribution >= 4 is 23.6 Å². The zero-order chi connectivity index (χ0) is 20.4. The van der Waals surface area contributed by atoms with Gasteiger partial charge in [-0.05, 0) is 32.8 Å². The molecule has 0 aliphatic carbocycles. The monoisotopic (exact) mass is 396 g/mol. The maximum absolute atomic E-state index is 12.9. The lowest BCUT2D eigenvalue weighted by molar-refractivity contribution is -0.149. The van der Waals surface area contributed by atoms with Crippen molar-refractivity contribution in [3.63, 3.8) is 0 Å². The first-order chi connectivity index (χ1) is 13.9. The quantitative estimate of drug-likeness (QED) is 0.782. The minimum absolute atomic E-state index is 0.00188. The van der Waals surface area contributed by atoms with Crippen LogP contribution in [0.2, 0.25) is 0 Å². The largest absolute Gasteiger partial charge is 0.459 e. The van der Waals surface area contributed by atoms with Gasteiger partial charge in [0.25, 0.3) is 0 Å². The van der Waals surface area contributed by atoms with Gasteiger partial charge < -0.3 is 15.0 Å². The number of rotatable bonds is 4. The van der Waals surface area contributed by atoms with E-state index in [0.29, 0.717) is 24.9 Å². The number of cyclic esters (lactones) is 1. The molecule has 4 heterocycles. The molecule has 2 saturated heterocycles. The molecular formula is C20H24N6O3. The molecule has 0 bridgehead atoms. The van der Waals surface area contributed by atoms with Gasteiger partial charge in [0.1, 0.15) is 5.60 Å². The number of aromatic nitrogens is 4. The number of nitrogens with one attached hydrogen (secondary N) is 1. The first-order valence-corrected chi connectivity index (χ1v) is 9.79. The van der Waals surface area contributed by atoms with Crippen LogP contribution in [0.3, 0.4) is 0 Å². The van der Waals surface area contributed by atoms with E-state index in [1.807, 2.05) is 4.90 Å². The van der Waals surface area contributed by atoms with Crippen LogP contribution in [0.1, 0.15) is 44.7 Å². The van der Waals surface area contributed by atoms with Gasteiger partial charge in [-0.3, -0.25) is 14.6 Å². The Morgan fingerprint density at radius 1 is 1.21 bits per heavy atom. The molecule has 0 spiro atoms. The number of amides is 1. The van der Waals surface area contributed by atoms with Crippen molar-refractivity contribution in [2.24, 2.45) is 5.92 Å². The zero-order valence-corrected chi connectivity index (χ0v) is 16.5. The van der Waals surface area contributed by atoms with Gasteiger partial charge in [0, 0.05) is 37.6 Å². The second kappa shape index (κ2) is 7.73. The van der Waals surface area contributed by atoms with Crippen LogP contribution in [0.4, 0.5) is 11.8 Å². The average Bonchev–Trinajstić information content (AvgIpc) is 3.00. The molecule has 1 amide bonds. The number of carbonyl (C=O) groups is 2. The van der Waals surface area contributed by atoms with Crippen molar-refractivity contribution in [1.29, 1.82) is 0 Å². The predicted molar refractivity (Wildman–Crippen MR) is 104 cm³/mol. The Bertz CT molecular complexity index is 896. The number of nitrogens with zero attached hydrogens (tertiary/aromatic N) is 5. The minimum Gasteiger partial charge on any atom is -0.459 e. The number of piperidine rings is 1. The summed E-state index contributed by atoms with van der Waals surface area (Å²) >= 11 is 0. The second-order valence-corrected chi connectivity index (χ2v) is 7.96. The molecule has 0 saturated carbocycles. The number of hydrogen-bond acceptors (Lipinski definition) is 8. The number of hydrogen-bond donors (Lipinski definition) is 1. The number of anilines is 2. The number of likely N-dealkylation sites (tertiary alicyclic amines) is 1. The van der Waals surface area contributed by atoms with Gasteiger partial charge in [-0.15, -0.1) is 0 Å². The standard InChI is InChI=1S/C20H24N6O3/c1-20(2)14(10-17(27)29-20)18(28)26-8-4-13(5-9-26)15-11-21-12-16(24-15)25-19-22-6-3-7-23-19/h3,6-7,11-14H,4-5,8-10H2,1-2H3,(H,22,23,24,25). The van der Waals surface area contributed by atoms with Crippen LogP contribution in [0.25, 0.3) is 0 Å². The van der Waals surface area contributed by atoms with E-state index in [4.69, 9.17) is 4.74 Å². The fourth-order valence-electron chi connectivity index (χ4n) is 3.94. The van der Waals surface area contributed by atoms with Gasteiger partial charge in [-0.2, -0.15) is 0 Å². The molecule has 2 aromatic heterocycles. The molecule has 2 aliphatic rings. The molecule has 9 nitrogen and oxygen atoms in total. The normalized spacial score (nSPS) is 21.7. The molecule has 0 aromatic carbocycles. The van der Waals surface area contributed by atoms with E-state index in [-0.39, 0.29) is 24.2 Å². The Hall–Kier alpha value is -3.10. The Balaban J connectivity index is 1.38. The van der Waals surface area contributed by atoms with Crippen LogP contribution < -0.4 is 5.32 Å². The smallest absolute Gasteiger partial charge is 0.307 e. The number of esters is 1. The Kier molecular flexibility index (Phi) is 5.12. The Labute approximate surface area is 168 Å². The molecule has 4 rings (SSSR count). The highest BCUT2D eigenvalue weighted by Crippen LogP contribution is 2.35. The molecule has 2 aromatic rings. The average molecular weight is 396 g/mol. The highest BCUT2D eigenvalue weighted by Gasteiger charge is 2.47. The highest BCUT2D eigenvalue weighted by molar-refractivity contribution is 5.87. The molecule has 29 heavy (non-hydrogen) atoms. The van der Waals surface area contributed by atoms with Crippen LogP contribution in [0.5, 0.6) is 0 Å². The molecule has 1 N–H and O–H groups in total. The lowest BCUT2D eigenvalue weighted by Gasteiger charge is -2.35. The van der Waals surface area contributed by atoms with Crippen molar-refractivity contribution in [2.45, 2.75) is 44.6 Å². The SMILES string of the molecule is CC1(C)OC(=O)CC1C(=O)N1CCC(c2cncc(Nc3ncccn3)n2)CC1. The van der Waals surface area contributed by atoms with Crippen LogP contribution >= 0.6 is 0 Å². The van der Waals surface area contributed by atoms with Crippen molar-refractivity contribution in [2.75, 3.05) is 18.4 Å². The second-order valence-electron chi connectivity index (χ2n) is 7.96. The Morgan fingerprint density at radius 3 is 2.59 bits per heavy atom. The summed E-state index contributed by atoms with van der Waals surface area (Å²) in [6.07, 6.45) is 8.48. The van der Waals surface area contributed by atoms with Crippen molar-refractivity contribution in [3.8, 4) is 0 Å². The lowest BCUT2D eigenvalue weighted by atomic mass is 9.87. The van der Waals surface area contributed by atoms with E-state index in [0.717, 1.165) is 18.5 Å². The summed E-state index contributed by atoms with van der Waals surface area (Å²) < 4.78 is 5.30. The minimum atomic E-state index is -0.740. The van der Waals surface area contributed by atoms with E-state index < -0.39 is 11.5 Å². The fourth-order valence-corrected chi connectivity index (χ4v) is 3.94. The van der Waals surface area contributed by atoms with Crippen molar-refractivity contribution in [1.82, 2.24) is 24.8 Å².